The van der Waals surface area contributed by atoms with Gasteiger partial charge < -0.3 is 14.7 Å². The van der Waals surface area contributed by atoms with Crippen LogP contribution in [0.1, 0.15) is 56.1 Å². The summed E-state index contributed by atoms with van der Waals surface area (Å²) in [5.74, 6) is 0.254. The van der Waals surface area contributed by atoms with Crippen LogP contribution in [0.4, 0.5) is 10.1 Å². The average molecular weight is 492 g/mol. The largest absolute Gasteiger partial charge is 0.366 e. The van der Waals surface area contributed by atoms with E-state index in [1.54, 1.807) is 12.1 Å². The Bertz CT molecular complexity index is 1060. The fourth-order valence-corrected chi connectivity index (χ4v) is 6.29. The van der Waals surface area contributed by atoms with Crippen LogP contribution in [0.25, 0.3) is 0 Å². The van der Waals surface area contributed by atoms with Crippen molar-refractivity contribution in [2.45, 2.75) is 51.4 Å². The topological polar surface area (TPSA) is 43.9 Å². The number of benzene rings is 2. The second-order valence-electron chi connectivity index (χ2n) is 10.7. The third-order valence-electron chi connectivity index (χ3n) is 8.46. The zero-order chi connectivity index (χ0) is 25.1. The molecule has 2 saturated heterocycles. The summed E-state index contributed by atoms with van der Waals surface area (Å²) in [6.45, 7) is 5.76. The van der Waals surface area contributed by atoms with Gasteiger partial charge in [-0.05, 0) is 48.9 Å². The van der Waals surface area contributed by atoms with Gasteiger partial charge in [-0.2, -0.15) is 0 Å². The first-order valence-electron chi connectivity index (χ1n) is 13.7. The van der Waals surface area contributed by atoms with E-state index >= 15 is 0 Å². The number of hydrogen-bond donors (Lipinski definition) is 0. The number of anilines is 1. The number of rotatable bonds is 5. The van der Waals surface area contributed by atoms with Gasteiger partial charge in [0, 0.05) is 51.1 Å². The second-order valence-corrected chi connectivity index (χ2v) is 10.7. The van der Waals surface area contributed by atoms with Gasteiger partial charge in [-0.3, -0.25) is 9.59 Å². The van der Waals surface area contributed by atoms with Crippen molar-refractivity contribution >= 4 is 17.5 Å². The van der Waals surface area contributed by atoms with Crippen LogP contribution in [0.5, 0.6) is 0 Å². The quantitative estimate of drug-likeness (QED) is 0.600. The first kappa shape index (κ1) is 24.8. The van der Waals surface area contributed by atoms with Crippen LogP contribution in [0.15, 0.2) is 48.5 Å². The Balaban J connectivity index is 1.29. The lowest BCUT2D eigenvalue weighted by molar-refractivity contribution is -0.143. The van der Waals surface area contributed by atoms with Crippen molar-refractivity contribution in [3.63, 3.8) is 0 Å². The number of aryl methyl sites for hydroxylation is 1. The summed E-state index contributed by atoms with van der Waals surface area (Å²) in [6, 6.07) is 15.5. The number of likely N-dealkylation sites (tertiary alicyclic amines) is 1. The van der Waals surface area contributed by atoms with Gasteiger partial charge in [0.15, 0.2) is 0 Å². The Hall–Kier alpha value is -2.89. The van der Waals surface area contributed by atoms with Crippen LogP contribution < -0.4 is 4.90 Å². The maximum atomic E-state index is 14.3. The first-order valence-corrected chi connectivity index (χ1v) is 13.7. The van der Waals surface area contributed by atoms with E-state index in [1.807, 2.05) is 20.8 Å². The van der Waals surface area contributed by atoms with E-state index in [4.69, 9.17) is 0 Å². The number of piperazine rings is 1. The predicted octanol–water partition coefficient (Wildman–Crippen LogP) is 4.86. The zero-order valence-corrected chi connectivity index (χ0v) is 21.4. The molecular weight excluding hydrogens is 453 g/mol. The maximum absolute atomic E-state index is 14.3. The minimum Gasteiger partial charge on any atom is -0.366 e. The molecule has 5 nitrogen and oxygen atoms in total. The molecule has 2 aromatic rings. The van der Waals surface area contributed by atoms with E-state index in [1.165, 1.54) is 17.2 Å². The lowest BCUT2D eigenvalue weighted by Crippen LogP contribution is -2.54. The summed E-state index contributed by atoms with van der Waals surface area (Å²) in [5, 5.41) is 0. The van der Waals surface area contributed by atoms with E-state index in [2.05, 4.69) is 31.2 Å². The normalized spacial score (nSPS) is 23.2. The van der Waals surface area contributed by atoms with Gasteiger partial charge in [0.05, 0.1) is 11.6 Å². The van der Waals surface area contributed by atoms with Gasteiger partial charge in [-0.15, -0.1) is 0 Å². The first-order chi connectivity index (χ1) is 17.5. The van der Waals surface area contributed by atoms with E-state index in [-0.39, 0.29) is 35.4 Å². The molecule has 2 aliphatic heterocycles. The summed E-state index contributed by atoms with van der Waals surface area (Å²) in [7, 11) is 0. The fraction of sp³-hybridized carbons (Fsp3) is 0.533. The molecule has 2 heterocycles. The monoisotopic (exact) mass is 491 g/mol. The number of carbonyl (C=O) groups excluding carboxylic acids is 2. The van der Waals surface area contributed by atoms with Crippen molar-refractivity contribution in [2.75, 3.05) is 44.2 Å². The zero-order valence-electron chi connectivity index (χ0n) is 21.4. The number of nitrogens with zero attached hydrogens (tertiary/aromatic N) is 3. The fourth-order valence-electron chi connectivity index (χ4n) is 6.29. The Morgan fingerprint density at radius 3 is 2.17 bits per heavy atom. The highest BCUT2D eigenvalue weighted by Gasteiger charge is 2.39. The predicted molar refractivity (Wildman–Crippen MR) is 140 cm³/mol. The van der Waals surface area contributed by atoms with E-state index in [0.717, 1.165) is 38.5 Å². The highest BCUT2D eigenvalue weighted by molar-refractivity contribution is 5.83. The molecule has 192 valence electrons. The number of carbonyl (C=O) groups is 2. The molecule has 0 radical (unpaired) electrons. The molecule has 36 heavy (non-hydrogen) atoms. The van der Waals surface area contributed by atoms with Crippen molar-refractivity contribution in [3.8, 4) is 0 Å². The smallest absolute Gasteiger partial charge is 0.227 e. The molecule has 1 saturated carbocycles. The summed E-state index contributed by atoms with van der Waals surface area (Å²) in [4.78, 5) is 33.1. The molecule has 2 atom stereocenters. The molecule has 3 aliphatic rings. The van der Waals surface area contributed by atoms with Crippen LogP contribution >= 0.6 is 0 Å². The summed E-state index contributed by atoms with van der Waals surface area (Å²) in [5.41, 5.74) is 3.12. The van der Waals surface area contributed by atoms with Gasteiger partial charge in [0.1, 0.15) is 5.82 Å². The van der Waals surface area contributed by atoms with Crippen molar-refractivity contribution in [1.82, 2.24) is 9.80 Å². The molecule has 6 heteroatoms. The Morgan fingerprint density at radius 1 is 0.833 bits per heavy atom. The van der Waals surface area contributed by atoms with Crippen molar-refractivity contribution in [1.29, 1.82) is 0 Å². The molecule has 0 aromatic heterocycles. The molecule has 5 rings (SSSR count). The van der Waals surface area contributed by atoms with Crippen LogP contribution in [0.3, 0.4) is 0 Å². The van der Waals surface area contributed by atoms with Gasteiger partial charge in [-0.25, -0.2) is 4.39 Å². The average Bonchev–Trinajstić information content (AvgIpc) is 3.48. The molecule has 3 fully saturated rings. The number of amides is 2. The standard InChI is InChI=1S/C30H38FN3O2/c1-2-22-11-13-23(14-12-22)25-19-26(21-34(20-25)29(35)24-7-3-4-8-24)30(36)33-17-15-32(16-18-33)28-10-6-5-9-27(28)31/h5-6,9-14,24-26H,2-4,7-8,15-21H2,1H3/t25-,26+/m0/s1. The Labute approximate surface area is 214 Å². The van der Waals surface area contributed by atoms with Gasteiger partial charge in [0.25, 0.3) is 0 Å². The number of piperidine rings is 1. The molecule has 1 aliphatic carbocycles. The highest BCUT2D eigenvalue weighted by Crippen LogP contribution is 2.35. The Morgan fingerprint density at radius 2 is 1.50 bits per heavy atom. The SMILES string of the molecule is CCc1ccc([C@H]2C[C@@H](C(=O)N3CCN(c4ccccc4F)CC3)CN(C(=O)C3CCCC3)C2)cc1. The molecule has 0 bridgehead atoms. The Kier molecular flexibility index (Phi) is 7.59. The summed E-state index contributed by atoms with van der Waals surface area (Å²) in [6.07, 6.45) is 5.97. The van der Waals surface area contributed by atoms with Crippen LogP contribution in [0.2, 0.25) is 0 Å². The van der Waals surface area contributed by atoms with Crippen LogP contribution in [-0.2, 0) is 16.0 Å². The third kappa shape index (κ3) is 5.28. The minimum absolute atomic E-state index is 0.117. The van der Waals surface area contributed by atoms with Crippen molar-refractivity contribution < 1.29 is 14.0 Å². The molecule has 0 N–H and O–H groups in total. The van der Waals surface area contributed by atoms with Crippen LogP contribution in [0, 0.1) is 17.7 Å². The summed E-state index contributed by atoms with van der Waals surface area (Å²) >= 11 is 0. The second kappa shape index (κ2) is 11.0. The van der Waals surface area contributed by atoms with Gasteiger partial charge in [0.2, 0.25) is 11.8 Å². The van der Waals surface area contributed by atoms with Gasteiger partial charge in [-0.1, -0.05) is 56.2 Å². The highest BCUT2D eigenvalue weighted by atomic mass is 19.1. The molecule has 0 spiro atoms. The van der Waals surface area contributed by atoms with Crippen molar-refractivity contribution in [3.05, 3.63) is 65.5 Å². The molecular formula is C30H38FN3O2. The maximum Gasteiger partial charge on any atom is 0.227 e. The van der Waals surface area contributed by atoms with Crippen molar-refractivity contribution in [2.24, 2.45) is 11.8 Å². The molecule has 2 amide bonds. The third-order valence-corrected chi connectivity index (χ3v) is 8.46. The summed E-state index contributed by atoms with van der Waals surface area (Å²) < 4.78 is 14.3. The van der Waals surface area contributed by atoms with Gasteiger partial charge >= 0.3 is 0 Å². The van der Waals surface area contributed by atoms with E-state index in [0.29, 0.717) is 45.0 Å². The molecule has 0 unspecified atom stereocenters. The van der Waals surface area contributed by atoms with Crippen LogP contribution in [-0.4, -0.2) is 60.9 Å². The lowest BCUT2D eigenvalue weighted by atomic mass is 9.82. The lowest BCUT2D eigenvalue weighted by Gasteiger charge is -2.42. The van der Waals surface area contributed by atoms with E-state index < -0.39 is 0 Å². The number of hydrogen-bond acceptors (Lipinski definition) is 3. The van der Waals surface area contributed by atoms with E-state index in [9.17, 15) is 14.0 Å². The molecule has 2 aromatic carbocycles. The number of halogens is 1. The minimum atomic E-state index is -0.220. The number of para-hydroxylation sites is 1.